The summed E-state index contributed by atoms with van der Waals surface area (Å²) >= 11 is 0. The Labute approximate surface area is 107 Å². The summed E-state index contributed by atoms with van der Waals surface area (Å²) in [6.07, 6.45) is 0. The average molecular weight is 243 g/mol. The first-order valence-corrected chi connectivity index (χ1v) is 5.92. The molecule has 18 heavy (non-hydrogen) atoms. The fraction of sp³-hybridized carbons (Fsp3) is 0.200. The Kier molecular flexibility index (Phi) is 3.72. The van der Waals surface area contributed by atoms with Crippen LogP contribution in [0.2, 0.25) is 0 Å². The summed E-state index contributed by atoms with van der Waals surface area (Å²) in [5, 5.41) is 0. The van der Waals surface area contributed by atoms with Gasteiger partial charge in [0, 0.05) is 5.56 Å². The van der Waals surface area contributed by atoms with E-state index in [0.717, 1.165) is 22.6 Å². The lowest BCUT2D eigenvalue weighted by molar-refractivity contribution is 0.342. The van der Waals surface area contributed by atoms with E-state index in [0.29, 0.717) is 12.3 Å². The minimum atomic E-state index is 0.609. The van der Waals surface area contributed by atoms with E-state index >= 15 is 0 Å². The van der Waals surface area contributed by atoms with Crippen molar-refractivity contribution >= 4 is 5.69 Å². The number of anilines is 1. The zero-order valence-corrected chi connectivity index (χ0v) is 10.6. The molecule has 0 aromatic heterocycles. The summed E-state index contributed by atoms with van der Waals surface area (Å²) in [4.78, 5) is 0. The highest BCUT2D eigenvalue weighted by Gasteiger charge is 2.07. The zero-order valence-electron chi connectivity index (χ0n) is 10.6. The number of para-hydroxylation sites is 1. The first kappa shape index (κ1) is 12.3. The van der Waals surface area contributed by atoms with Crippen LogP contribution in [0.15, 0.2) is 42.5 Å². The quantitative estimate of drug-likeness (QED) is 0.837. The third kappa shape index (κ3) is 2.40. The van der Waals surface area contributed by atoms with Gasteiger partial charge in [0.1, 0.15) is 11.5 Å². The monoisotopic (exact) mass is 243 g/mol. The number of nitrogen functional groups attached to an aromatic ring is 1. The van der Waals surface area contributed by atoms with E-state index in [1.807, 2.05) is 49.4 Å². The van der Waals surface area contributed by atoms with Crippen molar-refractivity contribution < 1.29 is 9.47 Å². The lowest BCUT2D eigenvalue weighted by Gasteiger charge is -2.11. The van der Waals surface area contributed by atoms with E-state index in [1.165, 1.54) is 0 Å². The van der Waals surface area contributed by atoms with Crippen molar-refractivity contribution in [2.75, 3.05) is 19.5 Å². The fourth-order valence-electron chi connectivity index (χ4n) is 1.89. The van der Waals surface area contributed by atoms with Crippen molar-refractivity contribution in [3.8, 4) is 22.6 Å². The summed E-state index contributed by atoms with van der Waals surface area (Å²) in [7, 11) is 1.66. The normalized spacial score (nSPS) is 10.1. The number of hydrogen-bond acceptors (Lipinski definition) is 3. The molecule has 0 unspecified atom stereocenters. The molecule has 0 amide bonds. The van der Waals surface area contributed by atoms with E-state index < -0.39 is 0 Å². The summed E-state index contributed by atoms with van der Waals surface area (Å²) in [6, 6.07) is 13.6. The van der Waals surface area contributed by atoms with Gasteiger partial charge in [-0.25, -0.2) is 0 Å². The summed E-state index contributed by atoms with van der Waals surface area (Å²) in [5.41, 5.74) is 8.65. The van der Waals surface area contributed by atoms with Gasteiger partial charge in [0.15, 0.2) is 0 Å². The molecule has 2 aromatic rings. The molecule has 0 heterocycles. The van der Waals surface area contributed by atoms with Gasteiger partial charge in [-0.15, -0.1) is 0 Å². The summed E-state index contributed by atoms with van der Waals surface area (Å²) < 4.78 is 10.8. The van der Waals surface area contributed by atoms with Crippen molar-refractivity contribution in [2.24, 2.45) is 0 Å². The molecule has 0 bridgehead atoms. The van der Waals surface area contributed by atoms with Crippen LogP contribution in [0.3, 0.4) is 0 Å². The highest BCUT2D eigenvalue weighted by Crippen LogP contribution is 2.33. The van der Waals surface area contributed by atoms with Gasteiger partial charge in [0.2, 0.25) is 0 Å². The molecule has 0 radical (unpaired) electrons. The fourth-order valence-corrected chi connectivity index (χ4v) is 1.89. The first-order valence-electron chi connectivity index (χ1n) is 5.92. The Morgan fingerprint density at radius 2 is 1.83 bits per heavy atom. The number of hydrogen-bond donors (Lipinski definition) is 1. The molecule has 2 N–H and O–H groups in total. The van der Waals surface area contributed by atoms with Gasteiger partial charge in [0.25, 0.3) is 0 Å². The molecule has 0 aliphatic rings. The maximum atomic E-state index is 5.97. The molecule has 0 saturated carbocycles. The molecule has 0 fully saturated rings. The third-order valence-electron chi connectivity index (χ3n) is 2.73. The molecule has 0 spiro atoms. The van der Waals surface area contributed by atoms with Crippen LogP contribution >= 0.6 is 0 Å². The lowest BCUT2D eigenvalue weighted by Crippen LogP contribution is -1.97. The van der Waals surface area contributed by atoms with Crippen LogP contribution in [0.5, 0.6) is 11.5 Å². The van der Waals surface area contributed by atoms with E-state index in [4.69, 9.17) is 15.2 Å². The van der Waals surface area contributed by atoms with E-state index in [-0.39, 0.29) is 0 Å². The Balaban J connectivity index is 2.42. The van der Waals surface area contributed by atoms with Crippen LogP contribution in [0.1, 0.15) is 6.92 Å². The van der Waals surface area contributed by atoms with Crippen molar-refractivity contribution in [2.45, 2.75) is 6.92 Å². The molecule has 2 rings (SSSR count). The van der Waals surface area contributed by atoms with Crippen molar-refractivity contribution in [3.05, 3.63) is 42.5 Å². The molecular formula is C15H17NO2. The van der Waals surface area contributed by atoms with Crippen LogP contribution in [0.4, 0.5) is 5.69 Å². The Bertz CT molecular complexity index is 538. The van der Waals surface area contributed by atoms with E-state index in [9.17, 15) is 0 Å². The van der Waals surface area contributed by atoms with Gasteiger partial charge >= 0.3 is 0 Å². The second-order valence-corrected chi connectivity index (χ2v) is 3.89. The third-order valence-corrected chi connectivity index (χ3v) is 2.73. The molecule has 3 nitrogen and oxygen atoms in total. The highest BCUT2D eigenvalue weighted by atomic mass is 16.5. The van der Waals surface area contributed by atoms with Gasteiger partial charge in [-0.2, -0.15) is 0 Å². The molecule has 0 atom stereocenters. The van der Waals surface area contributed by atoms with Crippen LogP contribution < -0.4 is 15.2 Å². The number of nitrogens with two attached hydrogens (primary N) is 1. The second-order valence-electron chi connectivity index (χ2n) is 3.89. The number of rotatable bonds is 4. The topological polar surface area (TPSA) is 44.5 Å². The molecule has 3 heteroatoms. The maximum absolute atomic E-state index is 5.97. The molecule has 2 aromatic carbocycles. The largest absolute Gasteiger partial charge is 0.496 e. The van der Waals surface area contributed by atoms with Crippen LogP contribution in [-0.4, -0.2) is 13.7 Å². The van der Waals surface area contributed by atoms with Crippen molar-refractivity contribution in [3.63, 3.8) is 0 Å². The van der Waals surface area contributed by atoms with E-state index in [2.05, 4.69) is 0 Å². The minimum Gasteiger partial charge on any atom is -0.496 e. The van der Waals surface area contributed by atoms with Crippen molar-refractivity contribution in [1.29, 1.82) is 0 Å². The van der Waals surface area contributed by atoms with Crippen LogP contribution in [0, 0.1) is 0 Å². The predicted octanol–water partition coefficient (Wildman–Crippen LogP) is 3.34. The number of benzene rings is 2. The maximum Gasteiger partial charge on any atom is 0.142 e. The number of ether oxygens (including phenoxy) is 2. The molecule has 94 valence electrons. The molecule has 0 aliphatic heterocycles. The Morgan fingerprint density at radius 1 is 1.06 bits per heavy atom. The SMILES string of the molecule is CCOc1ccc(-c2ccccc2OC)cc1N. The molecule has 0 saturated heterocycles. The number of methoxy groups -OCH3 is 1. The van der Waals surface area contributed by atoms with E-state index in [1.54, 1.807) is 7.11 Å². The lowest BCUT2D eigenvalue weighted by atomic mass is 10.0. The molecular weight excluding hydrogens is 226 g/mol. The Morgan fingerprint density at radius 3 is 2.50 bits per heavy atom. The second kappa shape index (κ2) is 5.45. The predicted molar refractivity (Wildman–Crippen MR) is 74.0 cm³/mol. The van der Waals surface area contributed by atoms with Gasteiger partial charge < -0.3 is 15.2 Å². The van der Waals surface area contributed by atoms with Gasteiger partial charge in [-0.05, 0) is 30.7 Å². The van der Waals surface area contributed by atoms with Gasteiger partial charge in [0.05, 0.1) is 19.4 Å². The minimum absolute atomic E-state index is 0.609. The first-order chi connectivity index (χ1) is 8.76. The zero-order chi connectivity index (χ0) is 13.0. The van der Waals surface area contributed by atoms with Gasteiger partial charge in [-0.1, -0.05) is 24.3 Å². The standard InChI is InChI=1S/C15H17NO2/c1-3-18-15-9-8-11(10-13(15)16)12-6-4-5-7-14(12)17-2/h4-10H,3,16H2,1-2H3. The van der Waals surface area contributed by atoms with Crippen LogP contribution in [-0.2, 0) is 0 Å². The molecule has 0 aliphatic carbocycles. The smallest absolute Gasteiger partial charge is 0.142 e. The average Bonchev–Trinajstić information content (AvgIpc) is 2.41. The van der Waals surface area contributed by atoms with Crippen LogP contribution in [0.25, 0.3) is 11.1 Å². The van der Waals surface area contributed by atoms with Crippen molar-refractivity contribution in [1.82, 2.24) is 0 Å². The Hall–Kier alpha value is -2.16. The van der Waals surface area contributed by atoms with Gasteiger partial charge in [-0.3, -0.25) is 0 Å². The summed E-state index contributed by atoms with van der Waals surface area (Å²) in [5.74, 6) is 1.55. The highest BCUT2D eigenvalue weighted by molar-refractivity contribution is 5.75. The summed E-state index contributed by atoms with van der Waals surface area (Å²) in [6.45, 7) is 2.55.